The Morgan fingerprint density at radius 1 is 1.33 bits per heavy atom. The highest BCUT2D eigenvalue weighted by Gasteiger charge is 2.23. The number of hydrogen-bond acceptors (Lipinski definition) is 4. The van der Waals surface area contributed by atoms with Crippen molar-refractivity contribution in [3.8, 4) is 0 Å². The Morgan fingerprint density at radius 3 is 3.06 bits per heavy atom. The van der Waals surface area contributed by atoms with E-state index >= 15 is 0 Å². The molecule has 0 aromatic carbocycles. The third-order valence-corrected chi connectivity index (χ3v) is 3.04. The van der Waals surface area contributed by atoms with Crippen LogP contribution in [0.3, 0.4) is 0 Å². The lowest BCUT2D eigenvalue weighted by Gasteiger charge is -2.27. The van der Waals surface area contributed by atoms with Crippen LogP contribution in [0.15, 0.2) is 24.8 Å². The van der Waals surface area contributed by atoms with Gasteiger partial charge in [0.2, 0.25) is 0 Å². The summed E-state index contributed by atoms with van der Waals surface area (Å²) in [7, 11) is 0. The van der Waals surface area contributed by atoms with Crippen LogP contribution in [0.4, 0.5) is 0 Å². The van der Waals surface area contributed by atoms with Crippen LogP contribution in [-0.4, -0.2) is 36.9 Å². The lowest BCUT2D eigenvalue weighted by atomic mass is 10.3. The maximum Gasteiger partial charge on any atom is 0.274 e. The number of fused-ring (bicyclic) bond motifs is 1. The Morgan fingerprint density at radius 2 is 2.22 bits per heavy atom. The number of halogens is 1. The lowest BCUT2D eigenvalue weighted by Crippen LogP contribution is -2.38. The van der Waals surface area contributed by atoms with Gasteiger partial charge in [0.1, 0.15) is 16.7 Å². The second kappa shape index (κ2) is 4.38. The number of aromatic nitrogens is 4. The van der Waals surface area contributed by atoms with Crippen LogP contribution in [-0.2, 0) is 13.1 Å². The molecule has 0 spiro atoms. The zero-order chi connectivity index (χ0) is 12.5. The summed E-state index contributed by atoms with van der Waals surface area (Å²) in [6, 6.07) is 0. The predicted molar refractivity (Wildman–Crippen MR) is 64.0 cm³/mol. The molecule has 1 aliphatic heterocycles. The van der Waals surface area contributed by atoms with E-state index in [1.54, 1.807) is 11.1 Å². The van der Waals surface area contributed by atoms with Crippen LogP contribution in [0, 0.1) is 0 Å². The van der Waals surface area contributed by atoms with E-state index in [2.05, 4.69) is 15.0 Å². The normalized spacial score (nSPS) is 14.4. The number of nitrogens with zero attached hydrogens (tertiary/aromatic N) is 5. The standard InChI is InChI=1S/C11H10ClN5O/c12-9-6-13-5-8(15-9)11(18)17-4-3-16-2-1-14-10(16)7-17/h1-2,5-6H,3-4,7H2. The topological polar surface area (TPSA) is 63.9 Å². The van der Waals surface area contributed by atoms with Crippen LogP contribution in [0.5, 0.6) is 0 Å². The maximum absolute atomic E-state index is 12.2. The fourth-order valence-electron chi connectivity index (χ4n) is 1.95. The molecular weight excluding hydrogens is 254 g/mol. The summed E-state index contributed by atoms with van der Waals surface area (Å²) in [4.78, 5) is 26.0. The maximum atomic E-state index is 12.2. The molecule has 0 atom stereocenters. The van der Waals surface area contributed by atoms with Gasteiger partial charge in [-0.3, -0.25) is 9.78 Å². The Hall–Kier alpha value is -1.95. The molecule has 6 nitrogen and oxygen atoms in total. The molecule has 92 valence electrons. The van der Waals surface area contributed by atoms with Crippen molar-refractivity contribution >= 4 is 17.5 Å². The van der Waals surface area contributed by atoms with Crippen molar-refractivity contribution < 1.29 is 4.79 Å². The van der Waals surface area contributed by atoms with Crippen molar-refractivity contribution in [2.24, 2.45) is 0 Å². The first-order valence-electron chi connectivity index (χ1n) is 5.51. The van der Waals surface area contributed by atoms with Gasteiger partial charge in [-0.25, -0.2) is 9.97 Å². The minimum absolute atomic E-state index is 0.167. The summed E-state index contributed by atoms with van der Waals surface area (Å²) in [5.41, 5.74) is 0.266. The van der Waals surface area contributed by atoms with E-state index in [1.807, 2.05) is 10.8 Å². The number of carbonyl (C=O) groups excluding carboxylic acids is 1. The molecule has 0 aliphatic carbocycles. The smallest absolute Gasteiger partial charge is 0.274 e. The number of amides is 1. The number of imidazole rings is 1. The van der Waals surface area contributed by atoms with E-state index in [0.717, 1.165) is 12.4 Å². The first kappa shape index (κ1) is 11.2. The first-order valence-corrected chi connectivity index (χ1v) is 5.88. The molecule has 0 bridgehead atoms. The molecule has 1 amide bonds. The van der Waals surface area contributed by atoms with Gasteiger partial charge in [0.15, 0.2) is 0 Å². The number of hydrogen-bond donors (Lipinski definition) is 0. The third-order valence-electron chi connectivity index (χ3n) is 2.86. The molecule has 0 saturated carbocycles. The average molecular weight is 264 g/mol. The Bertz CT molecular complexity index is 597. The van der Waals surface area contributed by atoms with Crippen LogP contribution < -0.4 is 0 Å². The monoisotopic (exact) mass is 263 g/mol. The average Bonchev–Trinajstić information content (AvgIpc) is 2.85. The van der Waals surface area contributed by atoms with Gasteiger partial charge >= 0.3 is 0 Å². The van der Waals surface area contributed by atoms with Crippen LogP contribution in [0.2, 0.25) is 5.15 Å². The van der Waals surface area contributed by atoms with Gasteiger partial charge in [-0.2, -0.15) is 0 Å². The van der Waals surface area contributed by atoms with E-state index < -0.39 is 0 Å². The molecule has 3 rings (SSSR count). The quantitative estimate of drug-likeness (QED) is 0.769. The molecule has 18 heavy (non-hydrogen) atoms. The Kier molecular flexibility index (Phi) is 2.71. The summed E-state index contributed by atoms with van der Waals surface area (Å²) in [6.45, 7) is 1.87. The molecule has 2 aromatic rings. The van der Waals surface area contributed by atoms with Gasteiger partial charge in [0, 0.05) is 25.5 Å². The third kappa shape index (κ3) is 1.95. The summed E-state index contributed by atoms with van der Waals surface area (Å²) < 4.78 is 2.04. The lowest BCUT2D eigenvalue weighted by molar-refractivity contribution is 0.0701. The first-order chi connectivity index (χ1) is 8.74. The summed E-state index contributed by atoms with van der Waals surface area (Å²) in [5.74, 6) is 0.712. The Labute approximate surface area is 108 Å². The van der Waals surface area contributed by atoms with Crippen LogP contribution >= 0.6 is 11.6 Å². The van der Waals surface area contributed by atoms with Crippen molar-refractivity contribution in [3.63, 3.8) is 0 Å². The van der Waals surface area contributed by atoms with Gasteiger partial charge in [-0.15, -0.1) is 0 Å². The van der Waals surface area contributed by atoms with Crippen molar-refractivity contribution in [1.82, 2.24) is 24.4 Å². The minimum Gasteiger partial charge on any atom is -0.332 e. The number of rotatable bonds is 1. The van der Waals surface area contributed by atoms with Gasteiger partial charge in [0.25, 0.3) is 5.91 Å². The molecule has 0 radical (unpaired) electrons. The molecule has 0 N–H and O–H groups in total. The van der Waals surface area contributed by atoms with E-state index in [-0.39, 0.29) is 16.8 Å². The second-order valence-corrected chi connectivity index (χ2v) is 4.38. The van der Waals surface area contributed by atoms with Gasteiger partial charge in [-0.1, -0.05) is 11.6 Å². The SMILES string of the molecule is O=C(c1cncc(Cl)n1)N1CCn2ccnc2C1. The van der Waals surface area contributed by atoms with E-state index in [4.69, 9.17) is 11.6 Å². The molecule has 0 unspecified atom stereocenters. The molecule has 0 saturated heterocycles. The van der Waals surface area contributed by atoms with Gasteiger partial charge in [0.05, 0.1) is 18.9 Å². The van der Waals surface area contributed by atoms with Crippen molar-refractivity contribution in [1.29, 1.82) is 0 Å². The summed E-state index contributed by atoms with van der Waals surface area (Å²) >= 11 is 5.73. The van der Waals surface area contributed by atoms with Crippen LogP contribution in [0.25, 0.3) is 0 Å². The molecule has 2 aromatic heterocycles. The van der Waals surface area contributed by atoms with E-state index in [9.17, 15) is 4.79 Å². The molecule has 7 heteroatoms. The van der Waals surface area contributed by atoms with Gasteiger partial charge < -0.3 is 9.47 Å². The second-order valence-electron chi connectivity index (χ2n) is 3.99. The van der Waals surface area contributed by atoms with Gasteiger partial charge in [-0.05, 0) is 0 Å². The van der Waals surface area contributed by atoms with E-state index in [0.29, 0.717) is 13.1 Å². The molecule has 0 fully saturated rings. The highest BCUT2D eigenvalue weighted by atomic mass is 35.5. The molecular formula is C11H10ClN5O. The van der Waals surface area contributed by atoms with Crippen LogP contribution in [0.1, 0.15) is 16.3 Å². The highest BCUT2D eigenvalue weighted by molar-refractivity contribution is 6.29. The van der Waals surface area contributed by atoms with Crippen molar-refractivity contribution in [2.45, 2.75) is 13.1 Å². The van der Waals surface area contributed by atoms with Crippen molar-refractivity contribution in [3.05, 3.63) is 41.5 Å². The summed E-state index contributed by atoms with van der Waals surface area (Å²) in [5, 5.41) is 0.222. The fraction of sp³-hybridized carbons (Fsp3) is 0.273. The van der Waals surface area contributed by atoms with E-state index in [1.165, 1.54) is 12.4 Å². The zero-order valence-electron chi connectivity index (χ0n) is 9.45. The largest absolute Gasteiger partial charge is 0.332 e. The van der Waals surface area contributed by atoms with Crippen molar-refractivity contribution in [2.75, 3.05) is 6.54 Å². The highest BCUT2D eigenvalue weighted by Crippen LogP contribution is 2.13. The Balaban J connectivity index is 1.83. The number of carbonyl (C=O) groups is 1. The molecule has 1 aliphatic rings. The summed E-state index contributed by atoms with van der Waals surface area (Å²) in [6.07, 6.45) is 6.48. The zero-order valence-corrected chi connectivity index (χ0v) is 10.2. The molecule has 3 heterocycles. The fourth-order valence-corrected chi connectivity index (χ4v) is 2.10. The predicted octanol–water partition coefficient (Wildman–Crippen LogP) is 0.982. The minimum atomic E-state index is -0.167.